The summed E-state index contributed by atoms with van der Waals surface area (Å²) in [5.74, 6) is -0.410. The molecule has 8 heteroatoms. The zero-order valence-corrected chi connectivity index (χ0v) is 18.8. The summed E-state index contributed by atoms with van der Waals surface area (Å²) in [6.07, 6.45) is 3.23. The lowest BCUT2D eigenvalue weighted by molar-refractivity contribution is 0.0521. The minimum atomic E-state index is -1.37. The fraction of sp³-hybridized carbons (Fsp3) is 0.316. The predicted octanol–water partition coefficient (Wildman–Crippen LogP) is 5.05. The second-order valence-electron chi connectivity index (χ2n) is 6.43. The van der Waals surface area contributed by atoms with Crippen molar-refractivity contribution in [2.75, 3.05) is 6.61 Å². The first-order valence-electron chi connectivity index (χ1n) is 8.28. The lowest BCUT2D eigenvalue weighted by Gasteiger charge is -2.13. The highest BCUT2D eigenvalue weighted by molar-refractivity contribution is 9.10. The maximum Gasteiger partial charge on any atom is 0.340 e. The van der Waals surface area contributed by atoms with Gasteiger partial charge in [-0.25, -0.2) is 14.0 Å². The molecule has 1 atom stereocenters. The fourth-order valence-corrected chi connectivity index (χ4v) is 4.05. The maximum atomic E-state index is 12.3. The molecule has 27 heavy (non-hydrogen) atoms. The first-order chi connectivity index (χ1) is 12.7. The van der Waals surface area contributed by atoms with Crippen molar-refractivity contribution in [1.82, 2.24) is 4.98 Å². The number of carbonyl (C=O) groups excluding carboxylic acids is 1. The van der Waals surface area contributed by atoms with Crippen LogP contribution in [0.25, 0.3) is 0 Å². The molecular formula is C19H21BrN2O3S2. The van der Waals surface area contributed by atoms with Crippen molar-refractivity contribution >= 4 is 50.9 Å². The molecule has 0 saturated carbocycles. The molecule has 0 saturated heterocycles. The molecule has 0 aliphatic carbocycles. The van der Waals surface area contributed by atoms with Gasteiger partial charge in [-0.3, -0.25) is 0 Å². The van der Waals surface area contributed by atoms with Gasteiger partial charge in [-0.05, 0) is 52.0 Å². The summed E-state index contributed by atoms with van der Waals surface area (Å²) in [6, 6.07) is 9.06. The second kappa shape index (κ2) is 9.61. The van der Waals surface area contributed by atoms with Gasteiger partial charge in [-0.15, -0.1) is 0 Å². The van der Waals surface area contributed by atoms with Gasteiger partial charge in [0.1, 0.15) is 16.0 Å². The molecule has 0 amide bonds. The van der Waals surface area contributed by atoms with E-state index in [2.05, 4.69) is 25.3 Å². The maximum absolute atomic E-state index is 12.3. The van der Waals surface area contributed by atoms with Gasteiger partial charge in [-0.2, -0.15) is 4.40 Å². The first kappa shape index (κ1) is 21.8. The van der Waals surface area contributed by atoms with Crippen molar-refractivity contribution in [3.05, 3.63) is 52.1 Å². The van der Waals surface area contributed by atoms with Crippen LogP contribution in [0, 0.1) is 0 Å². The highest BCUT2D eigenvalue weighted by Crippen LogP contribution is 2.34. The number of hydrogen-bond acceptors (Lipinski definition) is 5. The van der Waals surface area contributed by atoms with Crippen molar-refractivity contribution in [2.45, 2.75) is 42.4 Å². The van der Waals surface area contributed by atoms with E-state index in [1.165, 1.54) is 11.8 Å². The Morgan fingerprint density at radius 1 is 1.33 bits per heavy atom. The molecule has 1 heterocycles. The van der Waals surface area contributed by atoms with Crippen molar-refractivity contribution in [2.24, 2.45) is 4.40 Å². The average molecular weight is 469 g/mol. The molecule has 144 valence electrons. The number of pyridine rings is 1. The van der Waals surface area contributed by atoms with Gasteiger partial charge in [-0.1, -0.05) is 33.8 Å². The van der Waals surface area contributed by atoms with E-state index in [-0.39, 0.29) is 0 Å². The SMILES string of the molecule is CCOC(=O)c1cccnc1Sc1cccc(Br)c1C=NS(=O)C(C)(C)C. The van der Waals surface area contributed by atoms with Gasteiger partial charge in [0.2, 0.25) is 0 Å². The third kappa shape index (κ3) is 5.99. The summed E-state index contributed by atoms with van der Waals surface area (Å²) in [5.41, 5.74) is 1.19. The minimum Gasteiger partial charge on any atom is -0.462 e. The number of nitrogens with zero attached hydrogens (tertiary/aromatic N) is 2. The predicted molar refractivity (Wildman–Crippen MR) is 114 cm³/mol. The van der Waals surface area contributed by atoms with Crippen molar-refractivity contribution < 1.29 is 13.7 Å². The lowest BCUT2D eigenvalue weighted by Crippen LogP contribution is -2.19. The third-order valence-electron chi connectivity index (χ3n) is 3.29. The number of esters is 1. The number of benzene rings is 1. The first-order valence-corrected chi connectivity index (χ1v) is 11.0. The monoisotopic (exact) mass is 468 g/mol. The van der Waals surface area contributed by atoms with Crippen LogP contribution in [-0.2, 0) is 15.7 Å². The molecule has 0 aliphatic heterocycles. The van der Waals surface area contributed by atoms with Crippen molar-refractivity contribution in [3.8, 4) is 0 Å². The Hall–Kier alpha value is -1.51. The Morgan fingerprint density at radius 2 is 2.07 bits per heavy atom. The Kier molecular flexibility index (Phi) is 7.76. The zero-order valence-electron chi connectivity index (χ0n) is 15.6. The van der Waals surface area contributed by atoms with Crippen molar-refractivity contribution in [1.29, 1.82) is 0 Å². The van der Waals surface area contributed by atoms with E-state index in [4.69, 9.17) is 4.74 Å². The van der Waals surface area contributed by atoms with Crippen LogP contribution in [0.2, 0.25) is 0 Å². The van der Waals surface area contributed by atoms with E-state index in [1.54, 1.807) is 31.5 Å². The molecule has 1 aromatic heterocycles. The van der Waals surface area contributed by atoms with Gasteiger partial charge in [0.05, 0.1) is 16.9 Å². The number of hydrogen-bond donors (Lipinski definition) is 0. The molecule has 2 rings (SSSR count). The molecule has 0 aliphatic rings. The summed E-state index contributed by atoms with van der Waals surface area (Å²) in [6.45, 7) is 7.67. The van der Waals surface area contributed by atoms with Crippen LogP contribution >= 0.6 is 27.7 Å². The van der Waals surface area contributed by atoms with E-state index >= 15 is 0 Å². The van der Waals surface area contributed by atoms with Gasteiger partial charge in [0, 0.05) is 27.3 Å². The van der Waals surface area contributed by atoms with Crippen LogP contribution < -0.4 is 0 Å². The van der Waals surface area contributed by atoms with Crippen LogP contribution in [-0.4, -0.2) is 32.7 Å². The van der Waals surface area contributed by atoms with Crippen LogP contribution in [0.1, 0.15) is 43.6 Å². The van der Waals surface area contributed by atoms with E-state index < -0.39 is 21.7 Å². The molecule has 0 N–H and O–H groups in total. The molecular weight excluding hydrogens is 448 g/mol. The lowest BCUT2D eigenvalue weighted by atomic mass is 10.2. The topological polar surface area (TPSA) is 68.6 Å². The summed E-state index contributed by atoms with van der Waals surface area (Å²) in [4.78, 5) is 17.3. The van der Waals surface area contributed by atoms with E-state index in [1.807, 2.05) is 39.0 Å². The van der Waals surface area contributed by atoms with Gasteiger partial charge >= 0.3 is 5.97 Å². The Labute approximate surface area is 174 Å². The highest BCUT2D eigenvalue weighted by Gasteiger charge is 2.19. The molecule has 5 nitrogen and oxygen atoms in total. The zero-order chi connectivity index (χ0) is 20.0. The summed E-state index contributed by atoms with van der Waals surface area (Å²) < 4.78 is 21.9. The average Bonchev–Trinajstić information content (AvgIpc) is 2.61. The molecule has 0 bridgehead atoms. The van der Waals surface area contributed by atoms with Crippen LogP contribution in [0.3, 0.4) is 0 Å². The third-order valence-corrected chi connectivity index (χ3v) is 6.42. The molecule has 1 unspecified atom stereocenters. The standard InChI is InChI=1S/C19H21BrN2O3S2/c1-5-25-18(23)13-8-7-11-21-17(13)26-16-10-6-9-15(20)14(16)12-22-27(24)19(2,3)4/h6-12H,5H2,1-4H3. The minimum absolute atomic E-state index is 0.297. The van der Waals surface area contributed by atoms with Crippen LogP contribution in [0.5, 0.6) is 0 Å². The Bertz CT molecular complexity index is 879. The smallest absolute Gasteiger partial charge is 0.340 e. The summed E-state index contributed by atoms with van der Waals surface area (Å²) in [7, 11) is -1.37. The summed E-state index contributed by atoms with van der Waals surface area (Å²) in [5, 5.41) is 0.542. The molecule has 0 fully saturated rings. The van der Waals surface area contributed by atoms with E-state index in [0.29, 0.717) is 17.2 Å². The Morgan fingerprint density at radius 3 is 2.74 bits per heavy atom. The van der Waals surface area contributed by atoms with Crippen molar-refractivity contribution in [3.63, 3.8) is 0 Å². The van der Waals surface area contributed by atoms with Crippen LogP contribution in [0.15, 0.2) is 55.3 Å². The molecule has 0 spiro atoms. The van der Waals surface area contributed by atoms with E-state index in [9.17, 15) is 9.00 Å². The molecule has 1 aromatic carbocycles. The largest absolute Gasteiger partial charge is 0.462 e. The van der Waals surface area contributed by atoms with Gasteiger partial charge < -0.3 is 4.74 Å². The molecule has 0 radical (unpaired) electrons. The second-order valence-corrected chi connectivity index (χ2v) is 10.2. The molecule has 2 aromatic rings. The number of halogens is 1. The van der Waals surface area contributed by atoms with Crippen LogP contribution in [0.4, 0.5) is 0 Å². The number of rotatable bonds is 6. The summed E-state index contributed by atoms with van der Waals surface area (Å²) >= 11 is 4.85. The van der Waals surface area contributed by atoms with E-state index in [0.717, 1.165) is 14.9 Å². The van der Waals surface area contributed by atoms with Gasteiger partial charge in [0.15, 0.2) is 0 Å². The Balaban J connectivity index is 2.39. The number of ether oxygens (including phenoxy) is 1. The number of aromatic nitrogens is 1. The fourth-order valence-electron chi connectivity index (χ4n) is 1.93. The number of carbonyl (C=O) groups is 1. The highest BCUT2D eigenvalue weighted by atomic mass is 79.9. The van der Waals surface area contributed by atoms with Gasteiger partial charge in [0.25, 0.3) is 0 Å². The quantitative estimate of drug-likeness (QED) is 0.437. The normalized spacial score (nSPS) is 12.9.